The number of hydrogen-bond acceptors (Lipinski definition) is 12. The Labute approximate surface area is 297 Å². The Morgan fingerprint density at radius 1 is 0.942 bits per heavy atom. The number of nitrogens with one attached hydrogen (secondary N) is 1. The molecule has 1 spiro atoms. The highest BCUT2D eigenvalue weighted by Gasteiger charge is 2.68. The van der Waals surface area contributed by atoms with E-state index >= 15 is 0 Å². The smallest absolute Gasteiger partial charge is 0.435 e. The summed E-state index contributed by atoms with van der Waals surface area (Å²) in [4.78, 5) is 45.4. The molecule has 0 unspecified atom stereocenters. The van der Waals surface area contributed by atoms with E-state index in [9.17, 15) is 31.6 Å². The average Bonchev–Trinajstić information content (AvgIpc) is 3.64. The van der Waals surface area contributed by atoms with Crippen LogP contribution in [0, 0.1) is 0 Å². The molecule has 2 aromatic carbocycles. The highest BCUT2D eigenvalue weighted by atomic mass is 32.2. The molecular weight excluding hydrogens is 704 g/mol. The lowest BCUT2D eigenvalue weighted by Crippen LogP contribution is -2.41. The molecule has 1 N–H and O–H groups in total. The van der Waals surface area contributed by atoms with Gasteiger partial charge in [0.1, 0.15) is 17.0 Å². The Bertz CT molecular complexity index is 2250. The number of methoxy groups -OCH3 is 2. The third-order valence-electron chi connectivity index (χ3n) is 8.57. The molecule has 52 heavy (non-hydrogen) atoms. The molecular formula is C35H37F2N5O9S. The number of benzene rings is 2. The van der Waals surface area contributed by atoms with Crippen LogP contribution in [-0.4, -0.2) is 72.5 Å². The summed E-state index contributed by atoms with van der Waals surface area (Å²) in [6.07, 6.45) is -0.521. The van der Waals surface area contributed by atoms with Gasteiger partial charge in [0.25, 0.3) is 0 Å². The molecule has 2 aromatic heterocycles. The van der Waals surface area contributed by atoms with Crippen LogP contribution in [0.5, 0.6) is 11.5 Å². The Morgan fingerprint density at radius 3 is 2.23 bits per heavy atom. The molecule has 0 saturated heterocycles. The molecule has 0 bridgehead atoms. The summed E-state index contributed by atoms with van der Waals surface area (Å²) in [5.41, 5.74) is -0.938. The largest absolute Gasteiger partial charge is 0.497 e. The van der Waals surface area contributed by atoms with Crippen molar-refractivity contribution in [2.24, 2.45) is 0 Å². The zero-order valence-corrected chi connectivity index (χ0v) is 30.4. The normalized spacial score (nSPS) is 18.5. The van der Waals surface area contributed by atoms with E-state index < -0.39 is 61.1 Å². The van der Waals surface area contributed by atoms with Gasteiger partial charge in [-0.3, -0.25) is 4.79 Å². The third-order valence-corrected chi connectivity index (χ3v) is 9.92. The van der Waals surface area contributed by atoms with Crippen LogP contribution in [0.15, 0.2) is 53.6 Å². The first-order valence-electron chi connectivity index (χ1n) is 16.1. The Kier molecular flexibility index (Phi) is 8.71. The van der Waals surface area contributed by atoms with Crippen molar-refractivity contribution < 1.29 is 50.5 Å². The fraction of sp³-hybridized carbons (Fsp3) is 0.400. The molecule has 1 aliphatic carbocycles. The van der Waals surface area contributed by atoms with Crippen LogP contribution in [0.2, 0.25) is 0 Å². The molecule has 3 heterocycles. The SMILES string of the molecule is COc1ccc2c(c1)[C@]1(C[C@H]1c1ccc3c(Nc4ncc(S(=O)(=O)C(F)F)cc4OC)nn(C(=O)OC(C)(C)C)c3c1)C(=O)N2C(=O)OC(C)(C)C. The van der Waals surface area contributed by atoms with Crippen LogP contribution >= 0.6 is 0 Å². The molecule has 2 aliphatic rings. The number of aromatic nitrogens is 3. The topological polar surface area (TPSA) is 168 Å². The number of pyridine rings is 1. The Balaban J connectivity index is 1.43. The summed E-state index contributed by atoms with van der Waals surface area (Å²) in [7, 11) is -2.25. The summed E-state index contributed by atoms with van der Waals surface area (Å²) in [6, 6.07) is 11.1. The first-order valence-corrected chi connectivity index (χ1v) is 17.6. The van der Waals surface area contributed by atoms with Gasteiger partial charge < -0.3 is 24.3 Å². The summed E-state index contributed by atoms with van der Waals surface area (Å²) < 4.78 is 73.5. The van der Waals surface area contributed by atoms with Crippen LogP contribution in [0.25, 0.3) is 10.9 Å². The van der Waals surface area contributed by atoms with Crippen LogP contribution in [0.1, 0.15) is 65.0 Å². The molecule has 1 saturated carbocycles. The van der Waals surface area contributed by atoms with Crippen molar-refractivity contribution >= 4 is 56.2 Å². The standard InChI is InChI=1S/C35H37F2N5O9S/c1-33(2,3)50-31(44)41-24-12-10-19(48-7)14-22(24)35(29(41)43)16-23(35)18-9-11-21-25(13-18)42(32(45)51-34(4,5)6)40-27(21)39-28-26(49-8)15-20(17-38-28)52(46,47)30(36)37/h9-15,17,23,30H,16H2,1-8H3,(H,38,39,40)/t23-,35-/m0/s1. The molecule has 1 fully saturated rings. The van der Waals surface area contributed by atoms with Crippen molar-refractivity contribution in [3.63, 3.8) is 0 Å². The van der Waals surface area contributed by atoms with Gasteiger partial charge in [0.05, 0.1) is 35.7 Å². The molecule has 17 heteroatoms. The van der Waals surface area contributed by atoms with Crippen molar-refractivity contribution in [3.05, 3.63) is 59.8 Å². The van der Waals surface area contributed by atoms with Crippen molar-refractivity contribution in [1.82, 2.24) is 14.8 Å². The minimum absolute atomic E-state index is 0.0685. The lowest BCUT2D eigenvalue weighted by molar-refractivity contribution is -0.120. The van der Waals surface area contributed by atoms with Crippen LogP contribution in [0.4, 0.5) is 35.7 Å². The van der Waals surface area contributed by atoms with E-state index in [0.29, 0.717) is 34.4 Å². The van der Waals surface area contributed by atoms with Gasteiger partial charge in [0.2, 0.25) is 15.7 Å². The fourth-order valence-electron chi connectivity index (χ4n) is 6.24. The number of rotatable bonds is 7. The molecule has 1 aliphatic heterocycles. The second-order valence-corrected chi connectivity index (χ2v) is 16.3. The predicted molar refractivity (Wildman–Crippen MR) is 184 cm³/mol. The third kappa shape index (κ3) is 6.26. The predicted octanol–water partition coefficient (Wildman–Crippen LogP) is 6.68. The van der Waals surface area contributed by atoms with E-state index in [0.717, 1.165) is 21.8 Å². The van der Waals surface area contributed by atoms with Gasteiger partial charge >= 0.3 is 17.9 Å². The van der Waals surface area contributed by atoms with Gasteiger partial charge in [0.15, 0.2) is 17.4 Å². The summed E-state index contributed by atoms with van der Waals surface area (Å²) in [5.74, 6) is -4.21. The lowest BCUT2D eigenvalue weighted by Gasteiger charge is -2.24. The summed E-state index contributed by atoms with van der Waals surface area (Å²) in [5, 5.41) is 7.75. The van der Waals surface area contributed by atoms with E-state index in [1.54, 1.807) is 77.9 Å². The number of hydrogen-bond donors (Lipinski definition) is 1. The second-order valence-electron chi connectivity index (χ2n) is 14.4. The molecule has 2 atom stereocenters. The van der Waals surface area contributed by atoms with Gasteiger partial charge in [0, 0.05) is 23.6 Å². The highest BCUT2D eigenvalue weighted by molar-refractivity contribution is 7.91. The minimum atomic E-state index is -4.96. The van der Waals surface area contributed by atoms with Crippen LogP contribution in [-0.2, 0) is 29.5 Å². The number of fused-ring (bicyclic) bond motifs is 3. The Hall–Kier alpha value is -5.32. The van der Waals surface area contributed by atoms with Crippen LogP contribution < -0.4 is 19.7 Å². The zero-order chi connectivity index (χ0) is 38.1. The molecule has 4 aromatic rings. The van der Waals surface area contributed by atoms with Gasteiger partial charge in [-0.15, -0.1) is 5.10 Å². The zero-order valence-electron chi connectivity index (χ0n) is 29.6. The number of halogens is 2. The number of alkyl halides is 2. The molecule has 6 rings (SSSR count). The Morgan fingerprint density at radius 2 is 1.62 bits per heavy atom. The van der Waals surface area contributed by atoms with Gasteiger partial charge in [-0.2, -0.15) is 13.5 Å². The first kappa shape index (κ1) is 36.5. The molecule has 276 valence electrons. The van der Waals surface area contributed by atoms with E-state index in [2.05, 4.69) is 15.4 Å². The maximum Gasteiger partial charge on any atom is 0.435 e. The quantitative estimate of drug-likeness (QED) is 0.214. The summed E-state index contributed by atoms with van der Waals surface area (Å²) >= 11 is 0. The number of amides is 2. The number of sulfone groups is 1. The average molecular weight is 742 g/mol. The fourth-order valence-corrected chi connectivity index (χ4v) is 6.92. The first-order chi connectivity index (χ1) is 24.2. The maximum absolute atomic E-state index is 14.2. The van der Waals surface area contributed by atoms with Gasteiger partial charge in [-0.1, -0.05) is 6.07 Å². The number of carbonyl (C=O) groups is 3. The van der Waals surface area contributed by atoms with Crippen molar-refractivity contribution in [2.45, 2.75) is 81.2 Å². The van der Waals surface area contributed by atoms with Crippen LogP contribution in [0.3, 0.4) is 0 Å². The molecule has 14 nitrogen and oxygen atoms in total. The van der Waals surface area contributed by atoms with Gasteiger partial charge in [-0.05, 0) is 89.4 Å². The van der Waals surface area contributed by atoms with E-state index in [1.807, 2.05) is 0 Å². The van der Waals surface area contributed by atoms with Crippen molar-refractivity contribution in [3.8, 4) is 11.5 Å². The monoisotopic (exact) mass is 741 g/mol. The number of anilines is 3. The number of ether oxygens (including phenoxy) is 4. The van der Waals surface area contributed by atoms with Crippen molar-refractivity contribution in [2.75, 3.05) is 24.4 Å². The number of carbonyl (C=O) groups excluding carboxylic acids is 3. The maximum atomic E-state index is 14.2. The molecule has 2 amide bonds. The molecule has 0 radical (unpaired) electrons. The van der Waals surface area contributed by atoms with Gasteiger partial charge in [-0.25, -0.2) is 27.9 Å². The number of nitrogens with zero attached hydrogens (tertiary/aromatic N) is 4. The van der Waals surface area contributed by atoms with E-state index in [4.69, 9.17) is 18.9 Å². The van der Waals surface area contributed by atoms with Crippen molar-refractivity contribution in [1.29, 1.82) is 0 Å². The summed E-state index contributed by atoms with van der Waals surface area (Å²) in [6.45, 7) is 10.2. The minimum Gasteiger partial charge on any atom is -0.497 e. The number of imide groups is 1. The van der Waals surface area contributed by atoms with E-state index in [1.165, 1.54) is 14.2 Å². The lowest BCUT2D eigenvalue weighted by atomic mass is 9.91. The second kappa shape index (κ2) is 12.4. The van der Waals surface area contributed by atoms with E-state index in [-0.39, 0.29) is 22.9 Å². The highest BCUT2D eigenvalue weighted by Crippen LogP contribution is 2.67.